The van der Waals surface area contributed by atoms with Crippen molar-refractivity contribution in [1.82, 2.24) is 19.9 Å². The minimum Gasteiger partial charge on any atom is -0.379 e. The molecule has 2 aromatic heterocycles. The highest BCUT2D eigenvalue weighted by atomic mass is 32.1. The zero-order chi connectivity index (χ0) is 15.7. The lowest BCUT2D eigenvalue weighted by Gasteiger charge is -2.43. The first-order chi connectivity index (χ1) is 11.3. The molecular formula is C15H16N4O3S. The first-order valence-corrected chi connectivity index (χ1v) is 8.31. The van der Waals surface area contributed by atoms with Gasteiger partial charge >= 0.3 is 0 Å². The van der Waals surface area contributed by atoms with E-state index in [1.807, 2.05) is 4.90 Å². The maximum Gasteiger partial charge on any atom is 0.266 e. The van der Waals surface area contributed by atoms with Gasteiger partial charge in [-0.25, -0.2) is 15.0 Å². The smallest absolute Gasteiger partial charge is 0.266 e. The highest BCUT2D eigenvalue weighted by Crippen LogP contribution is 2.32. The summed E-state index contributed by atoms with van der Waals surface area (Å²) in [6, 6.07) is 1.75. The molecule has 2 fully saturated rings. The molecule has 0 saturated carbocycles. The summed E-state index contributed by atoms with van der Waals surface area (Å²) in [6.45, 7) is 2.87. The van der Waals surface area contributed by atoms with Crippen molar-refractivity contribution < 1.29 is 14.3 Å². The fourth-order valence-electron chi connectivity index (χ4n) is 2.99. The predicted octanol–water partition coefficient (Wildman–Crippen LogP) is 1.23. The van der Waals surface area contributed by atoms with Gasteiger partial charge in [-0.3, -0.25) is 4.79 Å². The van der Waals surface area contributed by atoms with Gasteiger partial charge in [-0.1, -0.05) is 0 Å². The van der Waals surface area contributed by atoms with Crippen LogP contribution in [-0.4, -0.2) is 64.3 Å². The third-order valence-corrected chi connectivity index (χ3v) is 5.19. The highest BCUT2D eigenvalue weighted by Gasteiger charge is 2.46. The summed E-state index contributed by atoms with van der Waals surface area (Å²) in [5.41, 5.74) is -0.331. The van der Waals surface area contributed by atoms with Crippen LogP contribution in [0.2, 0.25) is 0 Å². The van der Waals surface area contributed by atoms with Crippen molar-refractivity contribution in [2.75, 3.05) is 33.0 Å². The fourth-order valence-corrected chi connectivity index (χ4v) is 3.81. The SMILES string of the molecule is O=C(c1cnc(-c2ncccn2)s1)N1CCOCC12CCOC2. The number of carbonyl (C=O) groups excluding carboxylic acids is 1. The Labute approximate surface area is 137 Å². The van der Waals surface area contributed by atoms with Crippen molar-refractivity contribution in [3.05, 3.63) is 29.5 Å². The molecule has 7 nitrogen and oxygen atoms in total. The van der Waals surface area contributed by atoms with Crippen molar-refractivity contribution in [2.45, 2.75) is 12.0 Å². The Bertz CT molecular complexity index is 700. The van der Waals surface area contributed by atoms with Crippen LogP contribution in [0.15, 0.2) is 24.7 Å². The average molecular weight is 332 g/mol. The van der Waals surface area contributed by atoms with Crippen LogP contribution in [0.5, 0.6) is 0 Å². The van der Waals surface area contributed by atoms with Crippen molar-refractivity contribution in [2.24, 2.45) is 0 Å². The summed E-state index contributed by atoms with van der Waals surface area (Å²) in [6.07, 6.45) is 5.75. The monoisotopic (exact) mass is 332 g/mol. The van der Waals surface area contributed by atoms with Crippen molar-refractivity contribution in [1.29, 1.82) is 0 Å². The summed E-state index contributed by atoms with van der Waals surface area (Å²) in [4.78, 5) is 28.1. The second-order valence-corrected chi connectivity index (χ2v) is 6.67. The molecule has 1 spiro atoms. The molecule has 1 atom stereocenters. The Balaban J connectivity index is 1.60. The number of morpholine rings is 1. The van der Waals surface area contributed by atoms with Crippen molar-refractivity contribution in [3.63, 3.8) is 0 Å². The Hall–Kier alpha value is -1.90. The lowest BCUT2D eigenvalue weighted by Crippen LogP contribution is -2.59. The van der Waals surface area contributed by atoms with Crippen LogP contribution in [-0.2, 0) is 9.47 Å². The van der Waals surface area contributed by atoms with Crippen LogP contribution < -0.4 is 0 Å². The predicted molar refractivity (Wildman–Crippen MR) is 83.2 cm³/mol. The molecule has 0 aliphatic carbocycles. The molecule has 120 valence electrons. The van der Waals surface area contributed by atoms with Crippen LogP contribution in [0.1, 0.15) is 16.1 Å². The van der Waals surface area contributed by atoms with Gasteiger partial charge in [0.1, 0.15) is 4.88 Å². The van der Waals surface area contributed by atoms with E-state index in [4.69, 9.17) is 9.47 Å². The summed E-state index contributed by atoms with van der Waals surface area (Å²) >= 11 is 1.32. The topological polar surface area (TPSA) is 77.4 Å². The van der Waals surface area contributed by atoms with Crippen LogP contribution in [0.25, 0.3) is 10.8 Å². The van der Waals surface area contributed by atoms with Crippen molar-refractivity contribution in [3.8, 4) is 10.8 Å². The van der Waals surface area contributed by atoms with Crippen molar-refractivity contribution >= 4 is 17.2 Å². The van der Waals surface area contributed by atoms with Gasteiger partial charge in [0.05, 0.1) is 31.6 Å². The molecule has 2 saturated heterocycles. The molecule has 1 amide bonds. The minimum absolute atomic E-state index is 0.0153. The minimum atomic E-state index is -0.331. The molecule has 0 N–H and O–H groups in total. The maximum atomic E-state index is 12.9. The van der Waals surface area contributed by atoms with E-state index in [1.54, 1.807) is 24.7 Å². The quantitative estimate of drug-likeness (QED) is 0.823. The van der Waals surface area contributed by atoms with E-state index in [-0.39, 0.29) is 11.4 Å². The fraction of sp³-hybridized carbons (Fsp3) is 0.467. The van der Waals surface area contributed by atoms with Gasteiger partial charge in [-0.05, 0) is 12.5 Å². The molecule has 0 radical (unpaired) electrons. The standard InChI is InChI=1S/C15H16N4O3S/c20-14(19-5-7-22-10-15(19)2-6-21-9-15)11-8-18-13(23-11)12-16-3-1-4-17-12/h1,3-4,8H,2,5-7,9-10H2. The number of rotatable bonds is 2. The number of hydrogen-bond acceptors (Lipinski definition) is 7. The third-order valence-electron chi connectivity index (χ3n) is 4.20. The Morgan fingerprint density at radius 2 is 1.96 bits per heavy atom. The van der Waals surface area contributed by atoms with Gasteiger partial charge in [0.25, 0.3) is 5.91 Å². The van der Waals surface area contributed by atoms with Crippen LogP contribution in [0.4, 0.5) is 0 Å². The molecule has 1 unspecified atom stereocenters. The first-order valence-electron chi connectivity index (χ1n) is 7.49. The summed E-state index contributed by atoms with van der Waals surface area (Å²) < 4.78 is 11.1. The summed E-state index contributed by atoms with van der Waals surface area (Å²) in [7, 11) is 0. The highest BCUT2D eigenvalue weighted by molar-refractivity contribution is 7.16. The first kappa shape index (κ1) is 14.7. The second-order valence-electron chi connectivity index (χ2n) is 5.64. The normalized spacial score (nSPS) is 24.3. The number of aromatic nitrogens is 3. The number of ether oxygens (including phenoxy) is 2. The van der Waals surface area contributed by atoms with Gasteiger partial charge in [-0.2, -0.15) is 0 Å². The molecule has 8 heteroatoms. The number of thiazole rings is 1. The lowest BCUT2D eigenvalue weighted by atomic mass is 9.95. The third kappa shape index (κ3) is 2.62. The van der Waals surface area contributed by atoms with E-state index in [2.05, 4.69) is 15.0 Å². The van der Waals surface area contributed by atoms with E-state index in [0.29, 0.717) is 48.7 Å². The summed E-state index contributed by atoms with van der Waals surface area (Å²) in [5.74, 6) is 0.524. The molecule has 0 bridgehead atoms. The van der Waals surface area contributed by atoms with Gasteiger partial charge in [0.2, 0.25) is 0 Å². The second kappa shape index (κ2) is 5.95. The lowest BCUT2D eigenvalue weighted by molar-refractivity contribution is -0.0549. The molecule has 2 aromatic rings. The van der Waals surface area contributed by atoms with E-state index < -0.39 is 0 Å². The molecule has 23 heavy (non-hydrogen) atoms. The molecule has 4 rings (SSSR count). The molecule has 0 aromatic carbocycles. The Morgan fingerprint density at radius 1 is 1.17 bits per heavy atom. The zero-order valence-electron chi connectivity index (χ0n) is 12.5. The van der Waals surface area contributed by atoms with Gasteiger partial charge in [0.15, 0.2) is 10.8 Å². The van der Waals surface area contributed by atoms with Gasteiger partial charge in [0, 0.05) is 25.5 Å². The van der Waals surface area contributed by atoms with E-state index in [0.717, 1.165) is 6.42 Å². The largest absolute Gasteiger partial charge is 0.379 e. The Kier molecular flexibility index (Phi) is 3.80. The van der Waals surface area contributed by atoms with Crippen LogP contribution in [0, 0.1) is 0 Å². The number of nitrogens with zero attached hydrogens (tertiary/aromatic N) is 4. The van der Waals surface area contributed by atoms with Crippen LogP contribution in [0.3, 0.4) is 0 Å². The van der Waals surface area contributed by atoms with Gasteiger partial charge < -0.3 is 14.4 Å². The molecular weight excluding hydrogens is 316 g/mol. The number of carbonyl (C=O) groups is 1. The number of amides is 1. The molecule has 2 aliphatic heterocycles. The van der Waals surface area contributed by atoms with Crippen LogP contribution >= 0.6 is 11.3 Å². The zero-order valence-corrected chi connectivity index (χ0v) is 13.3. The van der Waals surface area contributed by atoms with E-state index >= 15 is 0 Å². The Morgan fingerprint density at radius 3 is 2.74 bits per heavy atom. The summed E-state index contributed by atoms with van der Waals surface area (Å²) in [5, 5.41) is 0.652. The number of hydrogen-bond donors (Lipinski definition) is 0. The van der Waals surface area contributed by atoms with E-state index in [9.17, 15) is 4.79 Å². The molecule has 2 aliphatic rings. The average Bonchev–Trinajstić information content (AvgIpc) is 3.26. The maximum absolute atomic E-state index is 12.9. The van der Waals surface area contributed by atoms with E-state index in [1.165, 1.54) is 11.3 Å². The molecule has 4 heterocycles. The van der Waals surface area contributed by atoms with Gasteiger partial charge in [-0.15, -0.1) is 11.3 Å².